The Morgan fingerprint density at radius 3 is 2.52 bits per heavy atom. The van der Waals surface area contributed by atoms with E-state index in [0.29, 0.717) is 12.1 Å². The van der Waals surface area contributed by atoms with E-state index in [-0.39, 0.29) is 5.91 Å². The van der Waals surface area contributed by atoms with Crippen LogP contribution in [0.3, 0.4) is 0 Å². The van der Waals surface area contributed by atoms with Crippen molar-refractivity contribution in [3.05, 3.63) is 77.9 Å². The molecule has 0 aromatic heterocycles. The Kier molecular flexibility index (Phi) is 7.21. The number of fused-ring (bicyclic) bond motifs is 1. The molecule has 0 saturated carbocycles. The largest absolute Gasteiger partial charge is 0.497 e. The normalized spacial score (nSPS) is 15.1. The first-order valence-corrected chi connectivity index (χ1v) is 11.3. The van der Waals surface area contributed by atoms with Gasteiger partial charge in [0.15, 0.2) is 0 Å². The molecule has 0 atom stereocenters. The average Bonchev–Trinajstić information content (AvgIpc) is 2.82. The number of nitrogens with zero attached hydrogens (tertiary/aromatic N) is 1. The summed E-state index contributed by atoms with van der Waals surface area (Å²) in [5.74, 6) is 1.62. The van der Waals surface area contributed by atoms with E-state index in [1.54, 1.807) is 7.11 Å². The first kappa shape index (κ1) is 21.4. The Morgan fingerprint density at radius 1 is 1.00 bits per heavy atom. The maximum Gasteiger partial charge on any atom is 0.251 e. The van der Waals surface area contributed by atoms with Gasteiger partial charge >= 0.3 is 0 Å². The molecule has 31 heavy (non-hydrogen) atoms. The molecule has 1 heterocycles. The molecule has 4 heteroatoms. The van der Waals surface area contributed by atoms with Crippen LogP contribution in [0.2, 0.25) is 0 Å². The quantitative estimate of drug-likeness (QED) is 0.530. The highest BCUT2D eigenvalue weighted by molar-refractivity contribution is 5.98. The summed E-state index contributed by atoms with van der Waals surface area (Å²) in [6, 6.07) is 22.5. The monoisotopic (exact) mass is 416 g/mol. The van der Waals surface area contributed by atoms with E-state index in [2.05, 4.69) is 40.5 Å². The van der Waals surface area contributed by atoms with Crippen molar-refractivity contribution in [2.24, 2.45) is 5.92 Å². The van der Waals surface area contributed by atoms with E-state index in [4.69, 9.17) is 4.74 Å². The SMILES string of the molecule is COc1ccc2cc(C(=O)NCCCN3CCC(Cc4ccccc4)CC3)ccc2c1. The van der Waals surface area contributed by atoms with Crippen molar-refractivity contribution in [1.82, 2.24) is 10.2 Å². The standard InChI is InChI=1S/C27H32N2O2/c1-31-26-11-10-23-19-25(9-8-24(23)20-26)27(30)28-14-5-15-29-16-12-22(13-17-29)18-21-6-3-2-4-7-21/h2-4,6-11,19-20,22H,5,12-18H2,1H3,(H,28,30). The molecule has 1 aliphatic rings. The summed E-state index contributed by atoms with van der Waals surface area (Å²) < 4.78 is 5.26. The number of piperidine rings is 1. The molecule has 3 aromatic carbocycles. The molecule has 0 aliphatic carbocycles. The molecular weight excluding hydrogens is 384 g/mol. The molecule has 4 rings (SSSR count). The predicted octanol–water partition coefficient (Wildman–Crippen LogP) is 4.92. The van der Waals surface area contributed by atoms with Crippen LogP contribution in [0.25, 0.3) is 10.8 Å². The number of nitrogens with one attached hydrogen (secondary N) is 1. The van der Waals surface area contributed by atoms with Crippen LogP contribution in [0, 0.1) is 5.92 Å². The Balaban J connectivity index is 1.17. The number of carbonyl (C=O) groups is 1. The number of ether oxygens (including phenoxy) is 1. The van der Waals surface area contributed by atoms with Gasteiger partial charge in [0, 0.05) is 12.1 Å². The van der Waals surface area contributed by atoms with Crippen molar-refractivity contribution in [2.75, 3.05) is 33.3 Å². The van der Waals surface area contributed by atoms with Crippen molar-refractivity contribution in [3.8, 4) is 5.75 Å². The molecule has 1 N–H and O–H groups in total. The molecule has 1 aliphatic heterocycles. The van der Waals surface area contributed by atoms with Crippen LogP contribution >= 0.6 is 0 Å². The summed E-state index contributed by atoms with van der Waals surface area (Å²) in [7, 11) is 1.66. The lowest BCUT2D eigenvalue weighted by molar-refractivity contribution is 0.0950. The van der Waals surface area contributed by atoms with Gasteiger partial charge in [-0.2, -0.15) is 0 Å². The van der Waals surface area contributed by atoms with E-state index < -0.39 is 0 Å². The second-order valence-electron chi connectivity index (χ2n) is 8.51. The molecular formula is C27H32N2O2. The van der Waals surface area contributed by atoms with Gasteiger partial charge in [0.1, 0.15) is 5.75 Å². The Bertz CT molecular complexity index is 995. The third-order valence-electron chi connectivity index (χ3n) is 6.32. The lowest BCUT2D eigenvalue weighted by Crippen LogP contribution is -2.36. The number of amides is 1. The molecule has 0 spiro atoms. The van der Waals surface area contributed by atoms with Crippen molar-refractivity contribution in [3.63, 3.8) is 0 Å². The number of rotatable bonds is 8. The van der Waals surface area contributed by atoms with E-state index in [1.165, 1.54) is 37.9 Å². The second-order valence-corrected chi connectivity index (χ2v) is 8.51. The minimum absolute atomic E-state index is 0.000660. The summed E-state index contributed by atoms with van der Waals surface area (Å²) in [5.41, 5.74) is 2.16. The van der Waals surface area contributed by atoms with Crippen LogP contribution in [0.1, 0.15) is 35.2 Å². The summed E-state index contributed by atoms with van der Waals surface area (Å²) in [6.07, 6.45) is 4.72. The molecule has 3 aromatic rings. The molecule has 162 valence electrons. The third-order valence-corrected chi connectivity index (χ3v) is 6.32. The zero-order valence-corrected chi connectivity index (χ0v) is 18.3. The van der Waals surface area contributed by atoms with Crippen molar-refractivity contribution < 1.29 is 9.53 Å². The van der Waals surface area contributed by atoms with Crippen LogP contribution in [-0.4, -0.2) is 44.1 Å². The van der Waals surface area contributed by atoms with Gasteiger partial charge in [-0.1, -0.05) is 42.5 Å². The summed E-state index contributed by atoms with van der Waals surface area (Å²) >= 11 is 0. The zero-order valence-electron chi connectivity index (χ0n) is 18.3. The summed E-state index contributed by atoms with van der Waals surface area (Å²) in [6.45, 7) is 4.10. The summed E-state index contributed by atoms with van der Waals surface area (Å²) in [4.78, 5) is 15.1. The van der Waals surface area contributed by atoms with Gasteiger partial charge in [0.2, 0.25) is 0 Å². The minimum Gasteiger partial charge on any atom is -0.497 e. The van der Waals surface area contributed by atoms with Crippen molar-refractivity contribution in [1.29, 1.82) is 0 Å². The zero-order chi connectivity index (χ0) is 21.5. The van der Waals surface area contributed by atoms with Crippen molar-refractivity contribution in [2.45, 2.75) is 25.7 Å². The fraction of sp³-hybridized carbons (Fsp3) is 0.370. The van der Waals surface area contributed by atoms with Crippen molar-refractivity contribution >= 4 is 16.7 Å². The highest BCUT2D eigenvalue weighted by Gasteiger charge is 2.19. The van der Waals surface area contributed by atoms with Crippen LogP contribution in [0.4, 0.5) is 0 Å². The van der Waals surface area contributed by atoms with Gasteiger partial charge in [-0.25, -0.2) is 0 Å². The first-order chi connectivity index (χ1) is 15.2. The number of hydrogen-bond acceptors (Lipinski definition) is 3. The minimum atomic E-state index is -0.000660. The molecule has 0 bridgehead atoms. The molecule has 4 nitrogen and oxygen atoms in total. The van der Waals surface area contributed by atoms with E-state index in [9.17, 15) is 4.79 Å². The predicted molar refractivity (Wildman–Crippen MR) is 127 cm³/mol. The highest BCUT2D eigenvalue weighted by atomic mass is 16.5. The fourth-order valence-electron chi connectivity index (χ4n) is 4.46. The van der Waals surface area contributed by atoms with Gasteiger partial charge < -0.3 is 15.0 Å². The molecule has 1 saturated heterocycles. The van der Waals surface area contributed by atoms with Crippen LogP contribution < -0.4 is 10.1 Å². The molecule has 1 amide bonds. The Labute approximate surface area is 185 Å². The highest BCUT2D eigenvalue weighted by Crippen LogP contribution is 2.23. The summed E-state index contributed by atoms with van der Waals surface area (Å²) in [5, 5.41) is 5.20. The molecule has 1 fully saturated rings. The number of carbonyl (C=O) groups excluding carboxylic acids is 1. The van der Waals surface area contributed by atoms with Crippen LogP contribution in [0.15, 0.2) is 66.7 Å². The third kappa shape index (κ3) is 5.86. The first-order valence-electron chi connectivity index (χ1n) is 11.3. The average molecular weight is 417 g/mol. The van der Waals surface area contributed by atoms with Gasteiger partial charge in [0.25, 0.3) is 5.91 Å². The lowest BCUT2D eigenvalue weighted by atomic mass is 9.90. The lowest BCUT2D eigenvalue weighted by Gasteiger charge is -2.32. The topological polar surface area (TPSA) is 41.6 Å². The van der Waals surface area contributed by atoms with Gasteiger partial charge in [-0.15, -0.1) is 0 Å². The number of hydrogen-bond donors (Lipinski definition) is 1. The Morgan fingerprint density at radius 2 is 1.74 bits per heavy atom. The van der Waals surface area contributed by atoms with Crippen LogP contribution in [-0.2, 0) is 6.42 Å². The van der Waals surface area contributed by atoms with Crippen LogP contribution in [0.5, 0.6) is 5.75 Å². The number of benzene rings is 3. The second kappa shape index (κ2) is 10.5. The maximum absolute atomic E-state index is 12.5. The van der Waals surface area contributed by atoms with Gasteiger partial charge in [-0.3, -0.25) is 4.79 Å². The van der Waals surface area contributed by atoms with E-state index in [0.717, 1.165) is 35.4 Å². The molecule has 0 radical (unpaired) electrons. The van der Waals surface area contributed by atoms with E-state index in [1.807, 2.05) is 36.4 Å². The number of methoxy groups -OCH3 is 1. The smallest absolute Gasteiger partial charge is 0.251 e. The van der Waals surface area contributed by atoms with E-state index >= 15 is 0 Å². The Hall–Kier alpha value is -2.85. The van der Waals surface area contributed by atoms with Gasteiger partial charge in [0.05, 0.1) is 7.11 Å². The number of likely N-dealkylation sites (tertiary alicyclic amines) is 1. The molecule has 0 unspecified atom stereocenters. The maximum atomic E-state index is 12.5. The fourth-order valence-corrected chi connectivity index (χ4v) is 4.46. The van der Waals surface area contributed by atoms with Gasteiger partial charge in [-0.05, 0) is 91.8 Å².